The largest absolute Gasteiger partial charge is 0.493 e. The minimum Gasteiger partial charge on any atom is -0.493 e. The molecular weight excluding hydrogens is 442 g/mol. The highest BCUT2D eigenvalue weighted by molar-refractivity contribution is 7.13. The molecule has 0 saturated carbocycles. The van der Waals surface area contributed by atoms with Gasteiger partial charge in [-0.25, -0.2) is 9.97 Å². The lowest BCUT2D eigenvalue weighted by molar-refractivity contribution is 0.455. The maximum absolute atomic E-state index is 10.2. The van der Waals surface area contributed by atoms with E-state index in [0.29, 0.717) is 12.0 Å². The van der Waals surface area contributed by atoms with Crippen molar-refractivity contribution >= 4 is 33.6 Å². The molecule has 0 radical (unpaired) electrons. The third-order valence-corrected chi connectivity index (χ3v) is 6.54. The van der Waals surface area contributed by atoms with Crippen LogP contribution in [-0.4, -0.2) is 25.3 Å². The van der Waals surface area contributed by atoms with E-state index in [-0.39, 0.29) is 11.3 Å². The summed E-state index contributed by atoms with van der Waals surface area (Å²) in [5.74, 6) is 0.696. The molecule has 5 rings (SSSR count). The zero-order valence-corrected chi connectivity index (χ0v) is 20.1. The number of hydrogen-bond acceptors (Lipinski definition) is 7. The molecule has 170 valence electrons. The molecule has 0 aliphatic carbocycles. The fraction of sp³-hybridized carbons (Fsp3) is 0.185. The predicted molar refractivity (Wildman–Crippen MR) is 138 cm³/mol. The number of rotatable bonds is 5. The molecular formula is C27H25N5OS. The third-order valence-electron chi connectivity index (χ3n) is 5.74. The van der Waals surface area contributed by atoms with Gasteiger partial charge >= 0.3 is 0 Å². The molecule has 3 aromatic heterocycles. The topological polar surface area (TPSA) is 83.8 Å². The average Bonchev–Trinajstić information content (AvgIpc) is 3.36. The number of nitrogens with zero attached hydrogens (tertiary/aromatic N) is 4. The van der Waals surface area contributed by atoms with E-state index in [1.165, 1.54) is 16.9 Å². The maximum Gasteiger partial charge on any atom is 0.221 e. The van der Waals surface area contributed by atoms with E-state index in [2.05, 4.69) is 82.7 Å². The Morgan fingerprint density at radius 1 is 0.941 bits per heavy atom. The Morgan fingerprint density at radius 3 is 2.41 bits per heavy atom. The highest BCUT2D eigenvalue weighted by Crippen LogP contribution is 2.32. The quantitative estimate of drug-likeness (QED) is 0.307. The lowest BCUT2D eigenvalue weighted by Gasteiger charge is -2.19. The van der Waals surface area contributed by atoms with Gasteiger partial charge in [0.25, 0.3) is 0 Å². The number of fused-ring (bicyclic) bond motifs is 1. The first kappa shape index (κ1) is 22.0. The van der Waals surface area contributed by atoms with Gasteiger partial charge in [0.2, 0.25) is 5.88 Å². The Kier molecular flexibility index (Phi) is 5.71. The van der Waals surface area contributed by atoms with Crippen LogP contribution in [0.4, 0.5) is 11.5 Å². The van der Waals surface area contributed by atoms with Crippen molar-refractivity contribution in [2.75, 3.05) is 5.32 Å². The van der Waals surface area contributed by atoms with Gasteiger partial charge in [0.15, 0.2) is 5.82 Å². The molecule has 2 aromatic carbocycles. The number of aromatic hydroxyl groups is 1. The van der Waals surface area contributed by atoms with Crippen LogP contribution in [0.3, 0.4) is 0 Å². The Balaban J connectivity index is 1.46. The van der Waals surface area contributed by atoms with Crippen LogP contribution in [0.15, 0.2) is 72.4 Å². The van der Waals surface area contributed by atoms with Crippen LogP contribution < -0.4 is 5.32 Å². The normalized spacial score (nSPS) is 11.6. The predicted octanol–water partition coefficient (Wildman–Crippen LogP) is 6.49. The van der Waals surface area contributed by atoms with Crippen molar-refractivity contribution < 1.29 is 5.11 Å². The number of aromatic nitrogens is 4. The Morgan fingerprint density at radius 2 is 1.71 bits per heavy atom. The minimum atomic E-state index is -0.0216. The highest BCUT2D eigenvalue weighted by atomic mass is 32.1. The summed E-state index contributed by atoms with van der Waals surface area (Å²) >= 11 is 1.47. The van der Waals surface area contributed by atoms with Gasteiger partial charge < -0.3 is 10.4 Å². The molecule has 0 spiro atoms. The SMILES string of the molecule is CC(C)(C)c1ccc(Nc2nnc(Cc3cnc(O)c(-c4nccs4)c3)c3ccccc23)cc1. The van der Waals surface area contributed by atoms with Crippen molar-refractivity contribution in [1.29, 1.82) is 0 Å². The van der Waals surface area contributed by atoms with Gasteiger partial charge in [-0.3, -0.25) is 0 Å². The van der Waals surface area contributed by atoms with Crippen molar-refractivity contribution in [2.24, 2.45) is 0 Å². The summed E-state index contributed by atoms with van der Waals surface area (Å²) < 4.78 is 0. The molecule has 34 heavy (non-hydrogen) atoms. The van der Waals surface area contributed by atoms with E-state index < -0.39 is 0 Å². The zero-order valence-electron chi connectivity index (χ0n) is 19.3. The van der Waals surface area contributed by atoms with Crippen LogP contribution in [0.2, 0.25) is 0 Å². The maximum atomic E-state index is 10.2. The van der Waals surface area contributed by atoms with Crippen molar-refractivity contribution in [2.45, 2.75) is 32.6 Å². The fourth-order valence-electron chi connectivity index (χ4n) is 3.88. The zero-order chi connectivity index (χ0) is 23.7. The first-order valence-corrected chi connectivity index (χ1v) is 12.0. The van der Waals surface area contributed by atoms with Crippen molar-refractivity contribution in [3.8, 4) is 16.5 Å². The standard InChI is InChI=1S/C27H25N5OS/c1-27(2,3)18-8-10-19(11-9-18)30-24-21-7-5-4-6-20(21)23(31-32-24)15-17-14-22(25(33)29-16-17)26-28-12-13-34-26/h4-14,16H,15H2,1-3H3,(H,29,33)(H,30,32). The molecule has 0 bridgehead atoms. The summed E-state index contributed by atoms with van der Waals surface area (Å²) in [6.45, 7) is 6.62. The smallest absolute Gasteiger partial charge is 0.221 e. The van der Waals surface area contributed by atoms with E-state index in [1.807, 2.05) is 23.6 Å². The van der Waals surface area contributed by atoms with Crippen LogP contribution in [0, 0.1) is 0 Å². The number of thiazole rings is 1. The summed E-state index contributed by atoms with van der Waals surface area (Å²) in [7, 11) is 0. The van der Waals surface area contributed by atoms with Crippen molar-refractivity contribution in [1.82, 2.24) is 20.2 Å². The summed E-state index contributed by atoms with van der Waals surface area (Å²) in [4.78, 5) is 8.47. The van der Waals surface area contributed by atoms with E-state index in [4.69, 9.17) is 0 Å². The molecule has 2 N–H and O–H groups in total. The van der Waals surface area contributed by atoms with Crippen molar-refractivity contribution in [3.05, 3.63) is 89.2 Å². The number of pyridine rings is 1. The lowest BCUT2D eigenvalue weighted by Crippen LogP contribution is -2.10. The average molecular weight is 468 g/mol. The van der Waals surface area contributed by atoms with Crippen LogP contribution in [0.25, 0.3) is 21.3 Å². The van der Waals surface area contributed by atoms with Crippen LogP contribution in [0.1, 0.15) is 37.6 Å². The number of hydrogen-bond donors (Lipinski definition) is 2. The van der Waals surface area contributed by atoms with Gasteiger partial charge in [-0.15, -0.1) is 16.4 Å². The van der Waals surface area contributed by atoms with Crippen LogP contribution >= 0.6 is 11.3 Å². The Bertz CT molecular complexity index is 1440. The molecule has 0 saturated heterocycles. The summed E-state index contributed by atoms with van der Waals surface area (Å²) in [5, 5.41) is 27.3. The molecule has 0 aliphatic heterocycles. The second-order valence-electron chi connectivity index (χ2n) is 9.22. The van der Waals surface area contributed by atoms with Gasteiger partial charge in [0.1, 0.15) is 5.01 Å². The minimum absolute atomic E-state index is 0.0216. The van der Waals surface area contributed by atoms with Gasteiger partial charge in [-0.1, -0.05) is 57.2 Å². The summed E-state index contributed by atoms with van der Waals surface area (Å²) in [6, 6.07) is 18.5. The molecule has 0 aliphatic rings. The van der Waals surface area contributed by atoms with Gasteiger partial charge in [0, 0.05) is 40.7 Å². The van der Waals surface area contributed by atoms with E-state index in [1.54, 1.807) is 12.4 Å². The fourth-order valence-corrected chi connectivity index (χ4v) is 4.53. The second-order valence-corrected chi connectivity index (χ2v) is 10.1. The summed E-state index contributed by atoms with van der Waals surface area (Å²) in [5.41, 5.74) is 4.76. The molecule has 6 nitrogen and oxygen atoms in total. The van der Waals surface area contributed by atoms with E-state index >= 15 is 0 Å². The molecule has 5 aromatic rings. The van der Waals surface area contributed by atoms with E-state index in [0.717, 1.165) is 38.5 Å². The van der Waals surface area contributed by atoms with E-state index in [9.17, 15) is 5.11 Å². The second kappa shape index (κ2) is 8.83. The first-order valence-electron chi connectivity index (χ1n) is 11.1. The number of benzene rings is 2. The van der Waals surface area contributed by atoms with Gasteiger partial charge in [0.05, 0.1) is 11.3 Å². The first-order chi connectivity index (χ1) is 16.4. The molecule has 7 heteroatoms. The molecule has 0 atom stereocenters. The highest BCUT2D eigenvalue weighted by Gasteiger charge is 2.15. The van der Waals surface area contributed by atoms with Crippen LogP contribution in [-0.2, 0) is 11.8 Å². The molecule has 0 amide bonds. The summed E-state index contributed by atoms with van der Waals surface area (Å²) in [6.07, 6.45) is 3.93. The molecule has 0 fully saturated rings. The third kappa shape index (κ3) is 4.47. The Hall–Kier alpha value is -3.84. The van der Waals surface area contributed by atoms with Gasteiger partial charge in [-0.2, -0.15) is 5.10 Å². The number of nitrogens with one attached hydrogen (secondary N) is 1. The Labute approximate surface area is 202 Å². The molecule has 0 unspecified atom stereocenters. The lowest BCUT2D eigenvalue weighted by atomic mass is 9.87. The van der Waals surface area contributed by atoms with Crippen LogP contribution in [0.5, 0.6) is 5.88 Å². The molecule has 3 heterocycles. The van der Waals surface area contributed by atoms with Crippen molar-refractivity contribution in [3.63, 3.8) is 0 Å². The number of anilines is 2. The van der Waals surface area contributed by atoms with Gasteiger partial charge in [-0.05, 0) is 34.7 Å². The monoisotopic (exact) mass is 467 g/mol.